The maximum atomic E-state index is 12.9. The van der Waals surface area contributed by atoms with E-state index in [4.69, 9.17) is 18.9 Å². The Hall–Kier alpha value is -2.75. The second-order valence-electron chi connectivity index (χ2n) is 24.8. The van der Waals surface area contributed by atoms with Crippen molar-refractivity contribution >= 4 is 17.9 Å². The largest absolute Gasteiger partial charge is 0.477 e. The van der Waals surface area contributed by atoms with E-state index in [9.17, 15) is 19.5 Å². The van der Waals surface area contributed by atoms with E-state index in [0.29, 0.717) is 17.4 Å². The van der Waals surface area contributed by atoms with Crippen LogP contribution in [0.5, 0.6) is 0 Å². The Morgan fingerprint density at radius 2 is 0.667 bits per heavy atom. The van der Waals surface area contributed by atoms with Crippen molar-refractivity contribution in [2.45, 2.75) is 347 Å². The van der Waals surface area contributed by atoms with Crippen molar-refractivity contribution in [3.8, 4) is 0 Å². The zero-order chi connectivity index (χ0) is 59.1. The minimum atomic E-state index is -1.51. The molecular formula is C72H134NO8+. The van der Waals surface area contributed by atoms with Crippen molar-refractivity contribution in [1.29, 1.82) is 0 Å². The number of hydrogen-bond donors (Lipinski definition) is 1. The molecular weight excluding hydrogens is 1010 g/mol. The Balaban J connectivity index is 4.00. The minimum Gasteiger partial charge on any atom is -0.477 e. The van der Waals surface area contributed by atoms with Crippen molar-refractivity contribution in [2.75, 3.05) is 47.5 Å². The summed E-state index contributed by atoms with van der Waals surface area (Å²) >= 11 is 0. The van der Waals surface area contributed by atoms with Crippen LogP contribution in [0.2, 0.25) is 0 Å². The summed E-state index contributed by atoms with van der Waals surface area (Å²) in [4.78, 5) is 37.5. The number of carbonyl (C=O) groups is 3. The molecule has 1 N–H and O–H groups in total. The second-order valence-corrected chi connectivity index (χ2v) is 24.8. The lowest BCUT2D eigenvalue weighted by atomic mass is 10.0. The van der Waals surface area contributed by atoms with Gasteiger partial charge >= 0.3 is 17.9 Å². The van der Waals surface area contributed by atoms with Gasteiger partial charge in [-0.05, 0) is 77.0 Å². The SMILES string of the molecule is CCCCC/C=C\C/C=C\CCCCCCCCCCCC(=O)OCC(COC(OCC[N+](C)(C)C)C(=O)O)OC(=O)CCCCCCCCCCCCCCCCCCCCCCCCCCC/C=C\C/C=C\CCCCCCC. The maximum Gasteiger partial charge on any atom is 0.361 e. The normalized spacial score (nSPS) is 13.0. The first-order chi connectivity index (χ1) is 39.6. The number of carbonyl (C=O) groups excluding carboxylic acids is 2. The topological polar surface area (TPSA) is 108 Å². The summed E-state index contributed by atoms with van der Waals surface area (Å²) in [6, 6.07) is 0. The average molecular weight is 1140 g/mol. The first kappa shape index (κ1) is 78.2. The van der Waals surface area contributed by atoms with Gasteiger partial charge in [-0.2, -0.15) is 0 Å². The van der Waals surface area contributed by atoms with Crippen LogP contribution in [0.4, 0.5) is 0 Å². The number of carboxylic acids is 1. The van der Waals surface area contributed by atoms with Gasteiger partial charge < -0.3 is 28.5 Å². The molecule has 0 bridgehead atoms. The van der Waals surface area contributed by atoms with Gasteiger partial charge in [0, 0.05) is 12.8 Å². The molecule has 0 saturated heterocycles. The monoisotopic (exact) mass is 1140 g/mol. The summed E-state index contributed by atoms with van der Waals surface area (Å²) in [5.74, 6) is -1.99. The van der Waals surface area contributed by atoms with Crippen LogP contribution in [0.3, 0.4) is 0 Å². The number of rotatable bonds is 65. The smallest absolute Gasteiger partial charge is 0.361 e. The minimum absolute atomic E-state index is 0.181. The summed E-state index contributed by atoms with van der Waals surface area (Å²) in [6.07, 6.45) is 78.0. The summed E-state index contributed by atoms with van der Waals surface area (Å²) < 4.78 is 23.0. The number of quaternary nitrogens is 1. The van der Waals surface area contributed by atoms with Gasteiger partial charge in [-0.3, -0.25) is 9.59 Å². The molecule has 0 rings (SSSR count). The highest BCUT2D eigenvalue weighted by atomic mass is 16.7. The molecule has 0 aromatic rings. The predicted molar refractivity (Wildman–Crippen MR) is 346 cm³/mol. The van der Waals surface area contributed by atoms with Gasteiger partial charge in [-0.15, -0.1) is 0 Å². The molecule has 0 amide bonds. The lowest BCUT2D eigenvalue weighted by molar-refractivity contribution is -0.870. The molecule has 0 radical (unpaired) electrons. The number of likely N-dealkylation sites (N-methyl/N-ethyl adjacent to an activating group) is 1. The summed E-state index contributed by atoms with van der Waals surface area (Å²) in [5, 5.41) is 9.73. The molecule has 0 aliphatic heterocycles. The lowest BCUT2D eigenvalue weighted by Crippen LogP contribution is -2.40. The lowest BCUT2D eigenvalue weighted by Gasteiger charge is -2.25. The van der Waals surface area contributed by atoms with E-state index in [-0.39, 0.29) is 38.2 Å². The molecule has 0 saturated carbocycles. The molecule has 0 aliphatic rings. The van der Waals surface area contributed by atoms with E-state index in [2.05, 4.69) is 62.5 Å². The highest BCUT2D eigenvalue weighted by molar-refractivity contribution is 5.71. The molecule has 0 spiro atoms. The molecule has 9 heteroatoms. The Labute approximate surface area is 502 Å². The van der Waals surface area contributed by atoms with E-state index < -0.39 is 18.4 Å². The van der Waals surface area contributed by atoms with Crippen molar-refractivity contribution < 1.29 is 42.9 Å². The molecule has 0 heterocycles. The number of aliphatic carboxylic acids is 1. The first-order valence-corrected chi connectivity index (χ1v) is 34.8. The molecule has 81 heavy (non-hydrogen) atoms. The van der Waals surface area contributed by atoms with Crippen LogP contribution in [0.25, 0.3) is 0 Å². The second kappa shape index (κ2) is 63.3. The first-order valence-electron chi connectivity index (χ1n) is 34.8. The molecule has 9 nitrogen and oxygen atoms in total. The highest BCUT2D eigenvalue weighted by Crippen LogP contribution is 2.18. The van der Waals surface area contributed by atoms with Crippen LogP contribution < -0.4 is 0 Å². The number of nitrogens with zero attached hydrogens (tertiary/aromatic N) is 1. The van der Waals surface area contributed by atoms with E-state index in [1.807, 2.05) is 21.1 Å². The third-order valence-electron chi connectivity index (χ3n) is 15.6. The van der Waals surface area contributed by atoms with Crippen LogP contribution in [0.1, 0.15) is 335 Å². The van der Waals surface area contributed by atoms with Gasteiger partial charge in [0.1, 0.15) is 13.2 Å². The average Bonchev–Trinajstić information content (AvgIpc) is 3.44. The molecule has 2 atom stereocenters. The number of carboxylic acid groups (broad SMARTS) is 1. The zero-order valence-electron chi connectivity index (χ0n) is 54.2. The maximum absolute atomic E-state index is 12.9. The van der Waals surface area contributed by atoms with E-state index >= 15 is 0 Å². The number of ether oxygens (including phenoxy) is 4. The van der Waals surface area contributed by atoms with E-state index in [1.54, 1.807) is 0 Å². The fraction of sp³-hybridized carbons (Fsp3) is 0.847. The van der Waals surface area contributed by atoms with Crippen molar-refractivity contribution in [3.05, 3.63) is 48.6 Å². The Bertz CT molecular complexity index is 1470. The quantitative estimate of drug-likeness (QED) is 0.0211. The van der Waals surface area contributed by atoms with E-state index in [1.165, 1.54) is 257 Å². The van der Waals surface area contributed by atoms with Crippen LogP contribution in [-0.4, -0.2) is 87.4 Å². The molecule has 0 aromatic heterocycles. The van der Waals surface area contributed by atoms with Crippen molar-refractivity contribution in [2.24, 2.45) is 0 Å². The third-order valence-corrected chi connectivity index (χ3v) is 15.6. The Kier molecular flexibility index (Phi) is 61.1. The standard InChI is InChI=1S/C72H133NO8/c1-6-8-10-12-14-16-18-20-22-24-26-27-28-29-30-31-32-33-34-35-36-37-38-39-40-41-42-43-45-47-49-51-53-55-57-59-61-63-70(75)81-68(67-80-72(71(76)77)78-65-64-73(3,4)5)66-79-69(74)62-60-58-56-54-52-50-48-46-44-25-23-21-19-17-15-13-11-9-7-2/h15,17-18,20-21,23-24,26,68,72H,6-14,16,19,22,25,27-67H2,1-5H3/p+1/b17-15-,20-18-,23-21-,26-24-. The van der Waals surface area contributed by atoms with Gasteiger partial charge in [0.05, 0.1) is 34.4 Å². The molecule has 0 aliphatic carbocycles. The summed E-state index contributed by atoms with van der Waals surface area (Å²) in [5.41, 5.74) is 0. The molecule has 0 fully saturated rings. The van der Waals surface area contributed by atoms with Crippen molar-refractivity contribution in [1.82, 2.24) is 0 Å². The highest BCUT2D eigenvalue weighted by Gasteiger charge is 2.25. The van der Waals surface area contributed by atoms with E-state index in [0.717, 1.165) is 51.4 Å². The summed E-state index contributed by atoms with van der Waals surface area (Å²) in [7, 11) is 5.98. The number of hydrogen-bond acceptors (Lipinski definition) is 7. The Morgan fingerprint density at radius 1 is 0.370 bits per heavy atom. The number of esters is 2. The molecule has 0 aromatic carbocycles. The van der Waals surface area contributed by atoms with Crippen LogP contribution in [0, 0.1) is 0 Å². The predicted octanol–water partition coefficient (Wildman–Crippen LogP) is 21.4. The van der Waals surface area contributed by atoms with Crippen LogP contribution in [-0.2, 0) is 33.3 Å². The van der Waals surface area contributed by atoms with Crippen LogP contribution >= 0.6 is 0 Å². The third kappa shape index (κ3) is 64.7. The number of allylic oxidation sites excluding steroid dienone is 8. The van der Waals surface area contributed by atoms with Gasteiger partial charge in [0.15, 0.2) is 6.10 Å². The zero-order valence-corrected chi connectivity index (χ0v) is 54.2. The van der Waals surface area contributed by atoms with Gasteiger partial charge in [-0.1, -0.05) is 294 Å². The van der Waals surface area contributed by atoms with Gasteiger partial charge in [0.2, 0.25) is 0 Å². The van der Waals surface area contributed by atoms with Gasteiger partial charge in [-0.25, -0.2) is 4.79 Å². The fourth-order valence-electron chi connectivity index (χ4n) is 10.2. The molecule has 2 unspecified atom stereocenters. The molecule has 474 valence electrons. The van der Waals surface area contributed by atoms with Gasteiger partial charge in [0.25, 0.3) is 6.29 Å². The van der Waals surface area contributed by atoms with Crippen LogP contribution in [0.15, 0.2) is 48.6 Å². The summed E-state index contributed by atoms with van der Waals surface area (Å²) in [6.45, 7) is 4.88. The Morgan fingerprint density at radius 3 is 1.00 bits per heavy atom. The fourth-order valence-corrected chi connectivity index (χ4v) is 10.2. The van der Waals surface area contributed by atoms with Crippen molar-refractivity contribution in [3.63, 3.8) is 0 Å². The number of unbranched alkanes of at least 4 members (excludes halogenated alkanes) is 42.